The van der Waals surface area contributed by atoms with Crippen LogP contribution in [0.2, 0.25) is 0 Å². The number of hydrogen-bond acceptors (Lipinski definition) is 3. The second-order valence-corrected chi connectivity index (χ2v) is 6.84. The van der Waals surface area contributed by atoms with E-state index >= 15 is 0 Å². The number of thiophene rings is 1. The Bertz CT molecular complexity index is 602. The minimum atomic E-state index is 0. The van der Waals surface area contributed by atoms with Crippen LogP contribution in [0, 0.1) is 0 Å². The second kappa shape index (κ2) is 8.80. The zero-order chi connectivity index (χ0) is 14.5. The quantitative estimate of drug-likeness (QED) is 0.653. The molecule has 2 heterocycles. The molecule has 0 bridgehead atoms. The number of rotatable bonds is 5. The molecule has 0 amide bonds. The fraction of sp³-hybridized carbons (Fsp3) is 0.500. The number of hydrogen-bond donors (Lipinski definition) is 0. The number of benzene rings is 1. The summed E-state index contributed by atoms with van der Waals surface area (Å²) in [5.74, 6) is 0.308. The van der Waals surface area contributed by atoms with Gasteiger partial charge in [0.05, 0.1) is 0 Å². The summed E-state index contributed by atoms with van der Waals surface area (Å²) in [6.07, 6.45) is 7.05. The van der Waals surface area contributed by atoms with E-state index in [4.69, 9.17) is 0 Å². The summed E-state index contributed by atoms with van der Waals surface area (Å²) in [7, 11) is 0. The zero-order valence-corrected chi connectivity index (χ0v) is 15.5. The van der Waals surface area contributed by atoms with E-state index in [1.54, 1.807) is 11.3 Å². The maximum atomic E-state index is 12.4. The van der Waals surface area contributed by atoms with E-state index in [0.29, 0.717) is 12.2 Å². The minimum absolute atomic E-state index is 0. The summed E-state index contributed by atoms with van der Waals surface area (Å²) in [4.78, 5) is 15.0. The number of ketones is 1. The lowest BCUT2D eigenvalue weighted by Crippen LogP contribution is -2.26. The Balaban J connectivity index is 0.00000176. The van der Waals surface area contributed by atoms with Crippen molar-refractivity contribution in [3.05, 3.63) is 35.2 Å². The van der Waals surface area contributed by atoms with Crippen LogP contribution in [0.3, 0.4) is 0 Å². The van der Waals surface area contributed by atoms with Gasteiger partial charge in [0.25, 0.3) is 0 Å². The Kier molecular flexibility index (Phi) is 7.06. The highest BCUT2D eigenvalue weighted by atomic mass is 79.9. The third-order valence-electron chi connectivity index (χ3n) is 4.36. The molecule has 0 unspecified atom stereocenters. The highest BCUT2D eigenvalue weighted by molar-refractivity contribution is 8.93. The number of carbonyl (C=O) groups excluding carboxylic acids is 1. The lowest BCUT2D eigenvalue weighted by Gasteiger charge is -2.19. The van der Waals surface area contributed by atoms with Gasteiger partial charge in [-0.05, 0) is 45.0 Å². The fourth-order valence-electron chi connectivity index (χ4n) is 3.15. The largest absolute Gasteiger partial charge is 0.303 e. The van der Waals surface area contributed by atoms with Gasteiger partial charge >= 0.3 is 0 Å². The summed E-state index contributed by atoms with van der Waals surface area (Å²) in [5.41, 5.74) is 0.923. The summed E-state index contributed by atoms with van der Waals surface area (Å²) < 4.78 is 1.22. The van der Waals surface area contributed by atoms with Crippen LogP contribution >= 0.6 is 28.3 Å². The van der Waals surface area contributed by atoms with Crippen molar-refractivity contribution in [2.75, 3.05) is 19.6 Å². The predicted octanol–water partition coefficient (Wildman–Crippen LogP) is 5.32. The first-order valence-electron chi connectivity index (χ1n) is 8.06. The van der Waals surface area contributed by atoms with Crippen LogP contribution in [0.15, 0.2) is 29.6 Å². The van der Waals surface area contributed by atoms with Gasteiger partial charge in [-0.1, -0.05) is 31.0 Å². The maximum absolute atomic E-state index is 12.4. The smallest absolute Gasteiger partial charge is 0.164 e. The van der Waals surface area contributed by atoms with Crippen LogP contribution in [-0.2, 0) is 0 Å². The van der Waals surface area contributed by atoms with Crippen molar-refractivity contribution < 1.29 is 4.79 Å². The van der Waals surface area contributed by atoms with Gasteiger partial charge in [-0.25, -0.2) is 0 Å². The van der Waals surface area contributed by atoms with E-state index in [0.717, 1.165) is 23.9 Å². The topological polar surface area (TPSA) is 20.3 Å². The molecule has 2 aromatic rings. The van der Waals surface area contributed by atoms with Crippen molar-refractivity contribution in [2.45, 2.75) is 38.5 Å². The predicted molar refractivity (Wildman–Crippen MR) is 101 cm³/mol. The molecule has 1 aliphatic heterocycles. The molecule has 0 spiro atoms. The average Bonchev–Trinajstić information content (AvgIpc) is 2.77. The Morgan fingerprint density at radius 2 is 1.82 bits per heavy atom. The van der Waals surface area contributed by atoms with Crippen LogP contribution < -0.4 is 0 Å². The fourth-order valence-corrected chi connectivity index (χ4v) is 4.12. The van der Waals surface area contributed by atoms with Crippen molar-refractivity contribution in [1.29, 1.82) is 0 Å². The normalized spacial score (nSPS) is 16.2. The highest BCUT2D eigenvalue weighted by Crippen LogP contribution is 2.26. The third kappa shape index (κ3) is 4.40. The standard InChI is InChI=1S/C18H23NOS.BrH/c20-17(9-7-13-19-11-5-1-2-6-12-19)16-14-21-18-10-4-3-8-15(16)18;/h3-4,8,10,14H,1-2,5-7,9,11-13H2;1H. The van der Waals surface area contributed by atoms with Crippen molar-refractivity contribution in [3.63, 3.8) is 0 Å². The summed E-state index contributed by atoms with van der Waals surface area (Å²) >= 11 is 1.68. The molecule has 22 heavy (non-hydrogen) atoms. The molecular weight excluding hydrogens is 358 g/mol. The van der Waals surface area contributed by atoms with E-state index < -0.39 is 0 Å². The van der Waals surface area contributed by atoms with E-state index in [1.807, 2.05) is 17.5 Å². The van der Waals surface area contributed by atoms with Gasteiger partial charge in [0.2, 0.25) is 0 Å². The molecular formula is C18H24BrNOS. The number of nitrogens with zero attached hydrogens (tertiary/aromatic N) is 1. The van der Waals surface area contributed by atoms with Crippen LogP contribution in [0.5, 0.6) is 0 Å². The molecule has 2 nitrogen and oxygen atoms in total. The Morgan fingerprint density at radius 3 is 2.59 bits per heavy atom. The van der Waals surface area contributed by atoms with Gasteiger partial charge in [0.1, 0.15) is 0 Å². The van der Waals surface area contributed by atoms with Crippen molar-refractivity contribution >= 4 is 44.2 Å². The van der Waals surface area contributed by atoms with Crippen LogP contribution in [0.1, 0.15) is 48.9 Å². The SMILES string of the molecule is Br.O=C(CCCN1CCCCCC1)c1csc2ccccc12. The number of Topliss-reactive ketones (excluding diaryl/α,β-unsaturated/α-hetero) is 1. The van der Waals surface area contributed by atoms with Gasteiger partial charge in [0.15, 0.2) is 5.78 Å². The Hall–Kier alpha value is -0.710. The third-order valence-corrected chi connectivity index (χ3v) is 5.32. The summed E-state index contributed by atoms with van der Waals surface area (Å²) in [5, 5.41) is 3.15. The molecule has 1 aromatic heterocycles. The van der Waals surface area contributed by atoms with Gasteiger partial charge in [-0.3, -0.25) is 4.79 Å². The first-order valence-corrected chi connectivity index (χ1v) is 8.94. The van der Waals surface area contributed by atoms with E-state index in [-0.39, 0.29) is 17.0 Å². The first kappa shape index (κ1) is 17.6. The molecule has 0 N–H and O–H groups in total. The van der Waals surface area contributed by atoms with Crippen molar-refractivity contribution in [3.8, 4) is 0 Å². The molecule has 3 rings (SSSR count). The lowest BCUT2D eigenvalue weighted by atomic mass is 10.1. The summed E-state index contributed by atoms with van der Waals surface area (Å²) in [6.45, 7) is 3.51. The zero-order valence-electron chi connectivity index (χ0n) is 12.9. The molecule has 0 atom stereocenters. The number of fused-ring (bicyclic) bond motifs is 1. The van der Waals surface area contributed by atoms with Crippen molar-refractivity contribution in [2.24, 2.45) is 0 Å². The van der Waals surface area contributed by atoms with Crippen LogP contribution in [0.25, 0.3) is 10.1 Å². The number of halogens is 1. The molecule has 0 radical (unpaired) electrons. The average molecular weight is 382 g/mol. The molecule has 0 aliphatic carbocycles. The first-order chi connectivity index (χ1) is 10.3. The van der Waals surface area contributed by atoms with E-state index in [9.17, 15) is 4.79 Å². The van der Waals surface area contributed by atoms with Crippen LogP contribution in [-0.4, -0.2) is 30.3 Å². The maximum Gasteiger partial charge on any atom is 0.164 e. The monoisotopic (exact) mass is 381 g/mol. The van der Waals surface area contributed by atoms with Crippen LogP contribution in [0.4, 0.5) is 0 Å². The van der Waals surface area contributed by atoms with E-state index in [1.165, 1.54) is 43.5 Å². The van der Waals surface area contributed by atoms with Gasteiger partial charge in [0, 0.05) is 27.5 Å². The number of carbonyl (C=O) groups is 1. The Morgan fingerprint density at radius 1 is 1.09 bits per heavy atom. The van der Waals surface area contributed by atoms with Crippen molar-refractivity contribution in [1.82, 2.24) is 4.90 Å². The lowest BCUT2D eigenvalue weighted by molar-refractivity contribution is 0.0977. The molecule has 120 valence electrons. The Labute approximate surface area is 147 Å². The second-order valence-electron chi connectivity index (χ2n) is 5.93. The van der Waals surface area contributed by atoms with Gasteiger partial charge < -0.3 is 4.90 Å². The molecule has 1 saturated heterocycles. The van der Waals surface area contributed by atoms with Gasteiger partial charge in [-0.2, -0.15) is 0 Å². The molecule has 1 aliphatic rings. The molecule has 1 fully saturated rings. The minimum Gasteiger partial charge on any atom is -0.303 e. The highest BCUT2D eigenvalue weighted by Gasteiger charge is 2.13. The molecule has 4 heteroatoms. The molecule has 0 saturated carbocycles. The van der Waals surface area contributed by atoms with E-state index in [2.05, 4.69) is 17.0 Å². The summed E-state index contributed by atoms with van der Waals surface area (Å²) in [6, 6.07) is 8.21. The van der Waals surface area contributed by atoms with Gasteiger partial charge in [-0.15, -0.1) is 28.3 Å². The molecule has 1 aromatic carbocycles. The number of likely N-dealkylation sites (tertiary alicyclic amines) is 1.